The van der Waals surface area contributed by atoms with Gasteiger partial charge >= 0.3 is 0 Å². The molecule has 27 heavy (non-hydrogen) atoms. The Hall–Kier alpha value is -2.53. The first-order valence-corrected chi connectivity index (χ1v) is 9.36. The first-order valence-electron chi connectivity index (χ1n) is 8.98. The van der Waals surface area contributed by atoms with Gasteiger partial charge in [-0.1, -0.05) is 54.9 Å². The Labute approximate surface area is 165 Å². The van der Waals surface area contributed by atoms with Crippen molar-refractivity contribution in [1.82, 2.24) is 10.2 Å². The van der Waals surface area contributed by atoms with Gasteiger partial charge in [0, 0.05) is 18.6 Å². The number of likely N-dealkylation sites (N-methyl/N-ethyl adjacent to an activating group) is 1. The highest BCUT2D eigenvalue weighted by Crippen LogP contribution is 2.17. The maximum absolute atomic E-state index is 12.8. The topological polar surface area (TPSA) is 58.6 Å². The summed E-state index contributed by atoms with van der Waals surface area (Å²) < 4.78 is 5.58. The molecule has 2 aromatic carbocycles. The molecule has 5 nitrogen and oxygen atoms in total. The summed E-state index contributed by atoms with van der Waals surface area (Å²) in [7, 11) is 1.58. The highest BCUT2D eigenvalue weighted by atomic mass is 35.5. The summed E-state index contributed by atoms with van der Waals surface area (Å²) in [5, 5.41) is 3.18. The van der Waals surface area contributed by atoms with Crippen LogP contribution in [0.2, 0.25) is 5.02 Å². The van der Waals surface area contributed by atoms with Crippen molar-refractivity contribution in [3.63, 3.8) is 0 Å². The number of nitrogens with one attached hydrogen (secondary N) is 1. The largest absolute Gasteiger partial charge is 0.484 e. The van der Waals surface area contributed by atoms with E-state index in [-0.39, 0.29) is 18.4 Å². The molecule has 0 heterocycles. The highest BCUT2D eigenvalue weighted by molar-refractivity contribution is 6.30. The van der Waals surface area contributed by atoms with Crippen LogP contribution < -0.4 is 10.1 Å². The molecular formula is C21H25ClN2O3. The van der Waals surface area contributed by atoms with Crippen LogP contribution in [0.3, 0.4) is 0 Å². The molecule has 2 aromatic rings. The van der Waals surface area contributed by atoms with Crippen LogP contribution in [0.1, 0.15) is 18.9 Å². The Morgan fingerprint density at radius 3 is 2.52 bits per heavy atom. The number of hydrogen-bond acceptors (Lipinski definition) is 3. The fourth-order valence-electron chi connectivity index (χ4n) is 2.85. The Balaban J connectivity index is 2.09. The van der Waals surface area contributed by atoms with Crippen molar-refractivity contribution < 1.29 is 14.3 Å². The van der Waals surface area contributed by atoms with E-state index in [9.17, 15) is 9.59 Å². The van der Waals surface area contributed by atoms with Crippen molar-refractivity contribution in [3.8, 4) is 5.75 Å². The summed E-state index contributed by atoms with van der Waals surface area (Å²) in [6, 6.07) is 16.2. The van der Waals surface area contributed by atoms with E-state index in [0.717, 1.165) is 5.56 Å². The van der Waals surface area contributed by atoms with Gasteiger partial charge in [-0.25, -0.2) is 0 Å². The van der Waals surface area contributed by atoms with Crippen LogP contribution >= 0.6 is 11.6 Å². The fraction of sp³-hybridized carbons (Fsp3) is 0.333. The van der Waals surface area contributed by atoms with Crippen molar-refractivity contribution in [2.75, 3.05) is 20.2 Å². The number of halogens is 1. The van der Waals surface area contributed by atoms with Crippen molar-refractivity contribution >= 4 is 23.4 Å². The molecule has 0 unspecified atom stereocenters. The van der Waals surface area contributed by atoms with Gasteiger partial charge < -0.3 is 15.0 Å². The summed E-state index contributed by atoms with van der Waals surface area (Å²) in [5.74, 6) is 0.106. The molecule has 1 atom stereocenters. The van der Waals surface area contributed by atoms with E-state index in [1.54, 1.807) is 36.2 Å². The second kappa shape index (κ2) is 10.6. The monoisotopic (exact) mass is 388 g/mol. The van der Waals surface area contributed by atoms with Crippen molar-refractivity contribution in [3.05, 3.63) is 65.2 Å². The molecule has 0 saturated heterocycles. The third kappa shape index (κ3) is 6.29. The van der Waals surface area contributed by atoms with Crippen LogP contribution in [-0.2, 0) is 16.0 Å². The summed E-state index contributed by atoms with van der Waals surface area (Å²) in [6.45, 7) is 2.18. The number of ether oxygens (including phenoxy) is 1. The highest BCUT2D eigenvalue weighted by Gasteiger charge is 2.27. The Bertz CT molecular complexity index is 752. The smallest absolute Gasteiger partial charge is 0.261 e. The third-order valence-corrected chi connectivity index (χ3v) is 4.51. The van der Waals surface area contributed by atoms with Crippen LogP contribution in [0.5, 0.6) is 5.75 Å². The molecule has 0 fully saturated rings. The normalized spacial score (nSPS) is 11.5. The van der Waals surface area contributed by atoms with Gasteiger partial charge in [-0.05, 0) is 36.6 Å². The van der Waals surface area contributed by atoms with Crippen LogP contribution in [0.25, 0.3) is 0 Å². The van der Waals surface area contributed by atoms with Crippen molar-refractivity contribution in [1.29, 1.82) is 0 Å². The zero-order valence-corrected chi connectivity index (χ0v) is 16.4. The summed E-state index contributed by atoms with van der Waals surface area (Å²) in [4.78, 5) is 26.7. The van der Waals surface area contributed by atoms with Crippen LogP contribution in [0.4, 0.5) is 0 Å². The van der Waals surface area contributed by atoms with Crippen LogP contribution in [0.15, 0.2) is 54.6 Å². The van der Waals surface area contributed by atoms with Gasteiger partial charge in [0.2, 0.25) is 5.91 Å². The van der Waals surface area contributed by atoms with Crippen LogP contribution in [-0.4, -0.2) is 43.0 Å². The molecule has 6 heteroatoms. The summed E-state index contributed by atoms with van der Waals surface area (Å²) in [6.07, 6.45) is 1.19. The summed E-state index contributed by atoms with van der Waals surface area (Å²) in [5.41, 5.74) is 1.11. The molecule has 0 bridgehead atoms. The number of carbonyl (C=O) groups is 2. The third-order valence-electron chi connectivity index (χ3n) is 4.27. The van der Waals surface area contributed by atoms with Gasteiger partial charge in [0.1, 0.15) is 11.8 Å². The Kier molecular flexibility index (Phi) is 8.14. The second-order valence-electron chi connectivity index (χ2n) is 6.11. The van der Waals surface area contributed by atoms with E-state index in [2.05, 4.69) is 5.32 Å². The number of nitrogens with zero attached hydrogens (tertiary/aromatic N) is 1. The minimum Gasteiger partial charge on any atom is -0.484 e. The van der Waals surface area contributed by atoms with Crippen molar-refractivity contribution in [2.24, 2.45) is 0 Å². The molecule has 1 N–H and O–H groups in total. The molecule has 0 aliphatic carbocycles. The average molecular weight is 389 g/mol. The van der Waals surface area contributed by atoms with E-state index in [4.69, 9.17) is 16.3 Å². The number of benzene rings is 2. The molecule has 0 aliphatic heterocycles. The van der Waals surface area contributed by atoms with Gasteiger partial charge in [0.05, 0.1) is 0 Å². The zero-order chi connectivity index (χ0) is 19.6. The van der Waals surface area contributed by atoms with Crippen LogP contribution in [0, 0.1) is 0 Å². The van der Waals surface area contributed by atoms with E-state index in [0.29, 0.717) is 30.2 Å². The van der Waals surface area contributed by atoms with Gasteiger partial charge in [-0.3, -0.25) is 9.59 Å². The maximum Gasteiger partial charge on any atom is 0.261 e. The maximum atomic E-state index is 12.8. The molecule has 0 aliphatic rings. The molecule has 2 amide bonds. The SMILES string of the molecule is CC[C@@H](C(=O)NC)N(CCc1ccccc1)C(=O)COc1cccc(Cl)c1. The Morgan fingerprint density at radius 2 is 1.89 bits per heavy atom. The number of carbonyl (C=O) groups excluding carboxylic acids is 2. The van der Waals surface area contributed by atoms with E-state index < -0.39 is 6.04 Å². The second-order valence-corrected chi connectivity index (χ2v) is 6.54. The minimum absolute atomic E-state index is 0.150. The standard InChI is InChI=1S/C21H25ClN2O3/c1-3-19(21(26)23-2)24(13-12-16-8-5-4-6-9-16)20(25)15-27-18-11-7-10-17(22)14-18/h4-11,14,19H,3,12-13,15H2,1-2H3,(H,23,26)/t19-/m0/s1. The first-order chi connectivity index (χ1) is 13.0. The number of amides is 2. The van der Waals surface area contributed by atoms with E-state index in [1.807, 2.05) is 37.3 Å². The molecule has 144 valence electrons. The van der Waals surface area contributed by atoms with Gasteiger partial charge in [0.15, 0.2) is 6.61 Å². The Morgan fingerprint density at radius 1 is 1.15 bits per heavy atom. The van der Waals surface area contributed by atoms with Gasteiger partial charge in [-0.2, -0.15) is 0 Å². The molecule has 0 spiro atoms. The fourth-order valence-corrected chi connectivity index (χ4v) is 3.03. The predicted octanol–water partition coefficient (Wildman–Crippen LogP) is 3.31. The molecule has 0 aromatic heterocycles. The summed E-state index contributed by atoms with van der Waals surface area (Å²) >= 11 is 5.95. The average Bonchev–Trinajstić information content (AvgIpc) is 2.69. The molecular weight excluding hydrogens is 364 g/mol. The predicted molar refractivity (Wildman–Crippen MR) is 107 cm³/mol. The molecule has 2 rings (SSSR count). The lowest BCUT2D eigenvalue weighted by molar-refractivity contribution is -0.142. The lowest BCUT2D eigenvalue weighted by atomic mass is 10.1. The zero-order valence-electron chi connectivity index (χ0n) is 15.7. The van der Waals surface area contributed by atoms with Gasteiger partial charge in [0.25, 0.3) is 5.91 Å². The lowest BCUT2D eigenvalue weighted by Gasteiger charge is -2.30. The van der Waals surface area contributed by atoms with Crippen molar-refractivity contribution in [2.45, 2.75) is 25.8 Å². The lowest BCUT2D eigenvalue weighted by Crippen LogP contribution is -2.50. The first kappa shape index (κ1) is 20.8. The van der Waals surface area contributed by atoms with E-state index in [1.165, 1.54) is 0 Å². The molecule has 0 saturated carbocycles. The van der Waals surface area contributed by atoms with Gasteiger partial charge in [-0.15, -0.1) is 0 Å². The number of rotatable bonds is 9. The quantitative estimate of drug-likeness (QED) is 0.716. The molecule has 0 radical (unpaired) electrons. The minimum atomic E-state index is -0.533. The number of hydrogen-bond donors (Lipinski definition) is 1. The van der Waals surface area contributed by atoms with E-state index >= 15 is 0 Å².